The fraction of sp³-hybridized carbons (Fsp3) is 0.310. The van der Waals surface area contributed by atoms with Gasteiger partial charge in [0.05, 0.1) is 10.6 Å². The predicted molar refractivity (Wildman–Crippen MR) is 147 cm³/mol. The Bertz CT molecular complexity index is 1300. The number of carbonyl (C=O) groups excluding carboxylic acids is 2. The van der Waals surface area contributed by atoms with Gasteiger partial charge >= 0.3 is 0 Å². The Morgan fingerprint density at radius 3 is 2.11 bits per heavy atom. The van der Waals surface area contributed by atoms with E-state index in [0.29, 0.717) is 5.69 Å². The summed E-state index contributed by atoms with van der Waals surface area (Å²) in [7, 11) is -4.05. The number of carbonyl (C=O) groups is 2. The molecule has 3 aromatic rings. The fourth-order valence-electron chi connectivity index (χ4n) is 3.90. The average Bonchev–Trinajstić information content (AvgIpc) is 2.90. The van der Waals surface area contributed by atoms with Crippen LogP contribution in [0.1, 0.15) is 38.3 Å². The van der Waals surface area contributed by atoms with Crippen LogP contribution >= 0.6 is 0 Å². The van der Waals surface area contributed by atoms with Crippen molar-refractivity contribution in [2.45, 2.75) is 57.6 Å². The van der Waals surface area contributed by atoms with Crippen LogP contribution in [0, 0.1) is 6.92 Å². The standard InChI is InChI=1S/C29H35N3O4S/c1-5-23(3)30-29(34)24(4)31(20-25-14-12-13-22(2)19-25)28(33)21-32(26-15-8-6-9-16-26)37(35,36)27-17-10-7-11-18-27/h6-19,23-24H,5,20-21H2,1-4H3,(H,30,34)/t23-,24+/m1/s1. The van der Waals surface area contributed by atoms with E-state index in [9.17, 15) is 18.0 Å². The number of rotatable bonds is 11. The van der Waals surface area contributed by atoms with Crippen LogP contribution in [0.3, 0.4) is 0 Å². The van der Waals surface area contributed by atoms with Gasteiger partial charge in [-0.3, -0.25) is 13.9 Å². The third kappa shape index (κ3) is 7.20. The molecule has 1 N–H and O–H groups in total. The van der Waals surface area contributed by atoms with Gasteiger partial charge in [-0.25, -0.2) is 8.42 Å². The Kier molecular flexibility index (Phi) is 9.47. The zero-order valence-corrected chi connectivity index (χ0v) is 22.6. The minimum Gasteiger partial charge on any atom is -0.352 e. The number of para-hydroxylation sites is 1. The molecule has 0 spiro atoms. The smallest absolute Gasteiger partial charge is 0.264 e. The number of hydrogen-bond donors (Lipinski definition) is 1. The van der Waals surface area contributed by atoms with Crippen LogP contribution in [0.5, 0.6) is 0 Å². The first-order valence-corrected chi connectivity index (χ1v) is 13.9. The van der Waals surface area contributed by atoms with Gasteiger partial charge in [-0.1, -0.05) is 73.2 Å². The molecular weight excluding hydrogens is 486 g/mol. The lowest BCUT2D eigenvalue weighted by molar-refractivity contribution is -0.139. The molecule has 2 amide bonds. The van der Waals surface area contributed by atoms with Crippen LogP contribution in [0.15, 0.2) is 89.8 Å². The third-order valence-corrected chi connectivity index (χ3v) is 8.05. The van der Waals surface area contributed by atoms with E-state index in [1.54, 1.807) is 55.5 Å². The lowest BCUT2D eigenvalue weighted by Gasteiger charge is -2.32. The van der Waals surface area contributed by atoms with Gasteiger partial charge in [0, 0.05) is 12.6 Å². The minimum absolute atomic E-state index is 0.0508. The minimum atomic E-state index is -4.05. The molecule has 0 saturated carbocycles. The Labute approximate surface area is 220 Å². The molecule has 2 atom stereocenters. The number of amides is 2. The number of aryl methyl sites for hydroxylation is 1. The molecule has 8 heteroatoms. The van der Waals surface area contributed by atoms with Gasteiger partial charge in [0.15, 0.2) is 0 Å². The molecule has 0 aliphatic heterocycles. The van der Waals surface area contributed by atoms with Crippen molar-refractivity contribution in [3.05, 3.63) is 96.1 Å². The lowest BCUT2D eigenvalue weighted by atomic mass is 10.1. The first kappa shape index (κ1) is 27.9. The molecule has 0 heterocycles. The van der Waals surface area contributed by atoms with E-state index < -0.39 is 28.5 Å². The van der Waals surface area contributed by atoms with Crippen LogP contribution in [-0.4, -0.2) is 43.8 Å². The predicted octanol–water partition coefficient (Wildman–Crippen LogP) is 4.52. The number of nitrogens with zero attached hydrogens (tertiary/aromatic N) is 2. The molecule has 0 unspecified atom stereocenters. The maximum Gasteiger partial charge on any atom is 0.264 e. The Morgan fingerprint density at radius 2 is 1.51 bits per heavy atom. The SMILES string of the molecule is CC[C@@H](C)NC(=O)[C@H](C)N(Cc1cccc(C)c1)C(=O)CN(c1ccccc1)S(=O)(=O)c1ccccc1. The number of sulfonamides is 1. The van der Waals surface area contributed by atoms with Crippen molar-refractivity contribution in [3.8, 4) is 0 Å². The Morgan fingerprint density at radius 1 is 0.892 bits per heavy atom. The second-order valence-corrected chi connectivity index (χ2v) is 11.0. The van der Waals surface area contributed by atoms with Crippen molar-refractivity contribution in [1.82, 2.24) is 10.2 Å². The number of anilines is 1. The summed E-state index contributed by atoms with van der Waals surface area (Å²) in [5, 5.41) is 2.94. The van der Waals surface area contributed by atoms with Crippen molar-refractivity contribution >= 4 is 27.5 Å². The molecule has 3 rings (SSSR count). The molecular formula is C29H35N3O4S. The van der Waals surface area contributed by atoms with Crippen LogP contribution < -0.4 is 9.62 Å². The maximum atomic E-state index is 13.8. The average molecular weight is 522 g/mol. The number of hydrogen-bond acceptors (Lipinski definition) is 4. The van der Waals surface area contributed by atoms with Gasteiger partial charge < -0.3 is 10.2 Å². The Hall–Kier alpha value is -3.65. The maximum absolute atomic E-state index is 13.8. The van der Waals surface area contributed by atoms with E-state index in [-0.39, 0.29) is 23.4 Å². The third-order valence-electron chi connectivity index (χ3n) is 6.26. The van der Waals surface area contributed by atoms with Crippen molar-refractivity contribution in [1.29, 1.82) is 0 Å². The highest BCUT2D eigenvalue weighted by atomic mass is 32.2. The van der Waals surface area contributed by atoms with E-state index >= 15 is 0 Å². The zero-order valence-electron chi connectivity index (χ0n) is 21.8. The summed E-state index contributed by atoms with van der Waals surface area (Å²) in [5.41, 5.74) is 2.25. The van der Waals surface area contributed by atoms with E-state index in [1.165, 1.54) is 17.0 Å². The highest BCUT2D eigenvalue weighted by molar-refractivity contribution is 7.92. The quantitative estimate of drug-likeness (QED) is 0.402. The van der Waals surface area contributed by atoms with Crippen molar-refractivity contribution in [2.75, 3.05) is 10.8 Å². The summed E-state index contributed by atoms with van der Waals surface area (Å²) in [6, 6.07) is 23.4. The highest BCUT2D eigenvalue weighted by Crippen LogP contribution is 2.24. The molecule has 0 aliphatic rings. The van der Waals surface area contributed by atoms with Gasteiger partial charge in [0.25, 0.3) is 10.0 Å². The zero-order chi connectivity index (χ0) is 27.0. The summed E-state index contributed by atoms with van der Waals surface area (Å²) < 4.78 is 28.4. The van der Waals surface area contributed by atoms with Crippen molar-refractivity contribution in [2.24, 2.45) is 0 Å². The lowest BCUT2D eigenvalue weighted by Crippen LogP contribution is -2.52. The Balaban J connectivity index is 1.99. The number of benzene rings is 3. The summed E-state index contributed by atoms with van der Waals surface area (Å²) in [6.45, 7) is 7.22. The van der Waals surface area contributed by atoms with E-state index in [4.69, 9.17) is 0 Å². The van der Waals surface area contributed by atoms with E-state index in [0.717, 1.165) is 21.9 Å². The summed E-state index contributed by atoms with van der Waals surface area (Å²) in [4.78, 5) is 28.4. The summed E-state index contributed by atoms with van der Waals surface area (Å²) >= 11 is 0. The largest absolute Gasteiger partial charge is 0.352 e. The van der Waals surface area contributed by atoms with Crippen molar-refractivity contribution < 1.29 is 18.0 Å². The number of nitrogens with one attached hydrogen (secondary N) is 1. The molecule has 0 saturated heterocycles. The highest BCUT2D eigenvalue weighted by Gasteiger charge is 2.32. The van der Waals surface area contributed by atoms with Crippen molar-refractivity contribution in [3.63, 3.8) is 0 Å². The first-order valence-electron chi connectivity index (χ1n) is 12.4. The van der Waals surface area contributed by atoms with Gasteiger partial charge in [0.1, 0.15) is 12.6 Å². The summed E-state index contributed by atoms with van der Waals surface area (Å²) in [5.74, 6) is -0.760. The molecule has 0 bridgehead atoms. The van der Waals surface area contributed by atoms with Crippen LogP contribution in [0.25, 0.3) is 0 Å². The molecule has 0 aromatic heterocycles. The normalized spacial score (nSPS) is 12.9. The topological polar surface area (TPSA) is 86.8 Å². The molecule has 196 valence electrons. The molecule has 0 fully saturated rings. The van der Waals surface area contributed by atoms with E-state index in [2.05, 4.69) is 5.32 Å². The molecule has 3 aromatic carbocycles. The molecule has 0 radical (unpaired) electrons. The second kappa shape index (κ2) is 12.5. The molecule has 37 heavy (non-hydrogen) atoms. The second-order valence-electron chi connectivity index (χ2n) is 9.16. The van der Waals surface area contributed by atoms with Gasteiger partial charge in [-0.2, -0.15) is 0 Å². The van der Waals surface area contributed by atoms with Crippen LogP contribution in [0.2, 0.25) is 0 Å². The monoisotopic (exact) mass is 521 g/mol. The van der Waals surface area contributed by atoms with E-state index in [1.807, 2.05) is 45.0 Å². The molecule has 0 aliphatic carbocycles. The fourth-order valence-corrected chi connectivity index (χ4v) is 5.33. The van der Waals surface area contributed by atoms with Gasteiger partial charge in [-0.15, -0.1) is 0 Å². The van der Waals surface area contributed by atoms with Gasteiger partial charge in [-0.05, 0) is 57.0 Å². The molecule has 7 nitrogen and oxygen atoms in total. The summed E-state index contributed by atoms with van der Waals surface area (Å²) in [6.07, 6.45) is 0.751. The van der Waals surface area contributed by atoms with Crippen LogP contribution in [-0.2, 0) is 26.2 Å². The van der Waals surface area contributed by atoms with Crippen LogP contribution in [0.4, 0.5) is 5.69 Å². The van der Waals surface area contributed by atoms with Gasteiger partial charge in [0.2, 0.25) is 11.8 Å². The first-order chi connectivity index (χ1) is 17.6.